The van der Waals surface area contributed by atoms with E-state index in [-0.39, 0.29) is 0 Å². The van der Waals surface area contributed by atoms with Gasteiger partial charge in [-0.05, 0) is 38.6 Å². The molecule has 0 amide bonds. The molecule has 2 rings (SSSR count). The fourth-order valence-corrected chi connectivity index (χ4v) is 3.02. The Balaban J connectivity index is 2.14. The molecule has 1 aliphatic heterocycles. The quantitative estimate of drug-likeness (QED) is 0.910. The van der Waals surface area contributed by atoms with Crippen LogP contribution in [-0.4, -0.2) is 55.7 Å². The first kappa shape index (κ1) is 15.3. The van der Waals surface area contributed by atoms with Crippen molar-refractivity contribution in [3.05, 3.63) is 29.8 Å². The Labute approximate surface area is 122 Å². The molecular weight excluding hydrogens is 250 g/mol. The first-order valence-corrected chi connectivity index (χ1v) is 7.36. The fourth-order valence-electron chi connectivity index (χ4n) is 3.02. The number of piperazine rings is 1. The maximum Gasteiger partial charge on any atom is 0.118 e. The summed E-state index contributed by atoms with van der Waals surface area (Å²) in [7, 11) is 3.90. The summed E-state index contributed by atoms with van der Waals surface area (Å²) in [4.78, 5) is 4.95. The molecule has 0 aromatic heterocycles. The number of nitrogens with two attached hydrogens (primary N) is 1. The van der Waals surface area contributed by atoms with E-state index in [2.05, 4.69) is 42.8 Å². The van der Waals surface area contributed by atoms with Crippen LogP contribution >= 0.6 is 0 Å². The van der Waals surface area contributed by atoms with Crippen LogP contribution in [0.1, 0.15) is 25.5 Å². The molecule has 3 unspecified atom stereocenters. The highest BCUT2D eigenvalue weighted by atomic mass is 16.5. The zero-order valence-electron chi connectivity index (χ0n) is 13.0. The Morgan fingerprint density at radius 2 is 1.75 bits per heavy atom. The maximum absolute atomic E-state index is 6.05. The van der Waals surface area contributed by atoms with Gasteiger partial charge in [0.2, 0.25) is 0 Å². The highest BCUT2D eigenvalue weighted by molar-refractivity contribution is 5.29. The molecule has 1 heterocycles. The van der Waals surface area contributed by atoms with Crippen molar-refractivity contribution < 1.29 is 4.74 Å². The molecule has 1 aliphatic rings. The van der Waals surface area contributed by atoms with Crippen LogP contribution in [0, 0.1) is 0 Å². The second-order valence-electron chi connectivity index (χ2n) is 5.84. The maximum atomic E-state index is 6.05. The molecule has 112 valence electrons. The van der Waals surface area contributed by atoms with Crippen molar-refractivity contribution in [2.24, 2.45) is 5.73 Å². The number of likely N-dealkylation sites (N-methyl/N-ethyl adjacent to an activating group) is 1. The molecular formula is C16H27N3O. The van der Waals surface area contributed by atoms with Gasteiger partial charge in [0.25, 0.3) is 0 Å². The predicted octanol–water partition coefficient (Wildman–Crippen LogP) is 1.72. The van der Waals surface area contributed by atoms with E-state index in [1.807, 2.05) is 12.1 Å². The molecule has 1 saturated heterocycles. The van der Waals surface area contributed by atoms with Gasteiger partial charge in [0.1, 0.15) is 5.75 Å². The van der Waals surface area contributed by atoms with Crippen molar-refractivity contribution in [2.75, 3.05) is 33.8 Å². The van der Waals surface area contributed by atoms with Crippen LogP contribution in [0.4, 0.5) is 0 Å². The lowest BCUT2D eigenvalue weighted by atomic mass is 10.0. The van der Waals surface area contributed by atoms with Gasteiger partial charge in [-0.1, -0.05) is 12.1 Å². The highest BCUT2D eigenvalue weighted by Crippen LogP contribution is 2.26. The Morgan fingerprint density at radius 1 is 1.20 bits per heavy atom. The van der Waals surface area contributed by atoms with Crippen LogP contribution in [0.5, 0.6) is 5.75 Å². The van der Waals surface area contributed by atoms with Crippen LogP contribution in [0.2, 0.25) is 0 Å². The van der Waals surface area contributed by atoms with Gasteiger partial charge in [-0.3, -0.25) is 9.80 Å². The van der Waals surface area contributed by atoms with Crippen LogP contribution in [0.15, 0.2) is 24.3 Å². The van der Waals surface area contributed by atoms with E-state index < -0.39 is 0 Å². The summed E-state index contributed by atoms with van der Waals surface area (Å²) in [6.45, 7) is 7.34. The molecule has 1 fully saturated rings. The molecule has 4 nitrogen and oxygen atoms in total. The topological polar surface area (TPSA) is 41.7 Å². The number of hydrogen-bond donors (Lipinski definition) is 1. The van der Waals surface area contributed by atoms with Crippen LogP contribution in [0.25, 0.3) is 0 Å². The molecule has 1 aromatic carbocycles. The third-order valence-corrected chi connectivity index (χ3v) is 4.55. The lowest BCUT2D eigenvalue weighted by Crippen LogP contribution is -2.56. The molecule has 1 aromatic rings. The lowest BCUT2D eigenvalue weighted by Gasteiger charge is -2.45. The summed E-state index contributed by atoms with van der Waals surface area (Å²) >= 11 is 0. The predicted molar refractivity (Wildman–Crippen MR) is 83.0 cm³/mol. The molecule has 0 saturated carbocycles. The van der Waals surface area contributed by atoms with Crippen LogP contribution in [-0.2, 0) is 0 Å². The van der Waals surface area contributed by atoms with Crippen LogP contribution < -0.4 is 10.5 Å². The second kappa shape index (κ2) is 6.57. The molecule has 0 bridgehead atoms. The van der Waals surface area contributed by atoms with E-state index >= 15 is 0 Å². The minimum atomic E-state index is 0.291. The SMILES string of the molecule is COc1ccc(C(CN)N2CC(C)N(C)C(C)C2)cc1. The summed E-state index contributed by atoms with van der Waals surface area (Å²) in [5.74, 6) is 0.893. The Kier molecular flexibility index (Phi) is 5.02. The second-order valence-corrected chi connectivity index (χ2v) is 5.84. The zero-order valence-corrected chi connectivity index (χ0v) is 13.0. The first-order chi connectivity index (χ1) is 9.56. The number of ether oxygens (including phenoxy) is 1. The smallest absolute Gasteiger partial charge is 0.118 e. The van der Waals surface area contributed by atoms with Gasteiger partial charge in [-0.2, -0.15) is 0 Å². The lowest BCUT2D eigenvalue weighted by molar-refractivity contribution is 0.0352. The monoisotopic (exact) mass is 277 g/mol. The van der Waals surface area contributed by atoms with E-state index in [1.165, 1.54) is 5.56 Å². The van der Waals surface area contributed by atoms with Gasteiger partial charge in [-0.15, -0.1) is 0 Å². The molecule has 20 heavy (non-hydrogen) atoms. The third kappa shape index (κ3) is 3.14. The van der Waals surface area contributed by atoms with Gasteiger partial charge in [0.15, 0.2) is 0 Å². The van der Waals surface area contributed by atoms with Crippen LogP contribution in [0.3, 0.4) is 0 Å². The largest absolute Gasteiger partial charge is 0.497 e. The number of rotatable bonds is 4. The molecule has 4 heteroatoms. The van der Waals surface area contributed by atoms with E-state index in [0.29, 0.717) is 24.7 Å². The van der Waals surface area contributed by atoms with Gasteiger partial charge in [-0.25, -0.2) is 0 Å². The average molecular weight is 277 g/mol. The Hall–Kier alpha value is -1.10. The van der Waals surface area contributed by atoms with Crippen molar-refractivity contribution in [2.45, 2.75) is 32.0 Å². The number of benzene rings is 1. The average Bonchev–Trinajstić information content (AvgIpc) is 2.46. The standard InChI is InChI=1S/C16H27N3O/c1-12-10-19(11-13(2)18(12)3)16(9-17)14-5-7-15(20-4)8-6-14/h5-8,12-13,16H,9-11,17H2,1-4H3. The first-order valence-electron chi connectivity index (χ1n) is 7.36. The van der Waals surface area contributed by atoms with E-state index in [4.69, 9.17) is 10.5 Å². The van der Waals surface area contributed by atoms with Crippen molar-refractivity contribution in [1.29, 1.82) is 0 Å². The molecule has 2 N–H and O–H groups in total. The van der Waals surface area contributed by atoms with E-state index in [9.17, 15) is 0 Å². The Morgan fingerprint density at radius 3 is 2.20 bits per heavy atom. The summed E-state index contributed by atoms with van der Waals surface area (Å²) in [6, 6.07) is 9.70. The number of hydrogen-bond acceptors (Lipinski definition) is 4. The van der Waals surface area contributed by atoms with Crippen molar-refractivity contribution in [1.82, 2.24) is 9.80 Å². The molecule has 0 aliphatic carbocycles. The summed E-state index contributed by atoms with van der Waals surface area (Å²) in [5.41, 5.74) is 7.32. The molecule has 0 spiro atoms. The van der Waals surface area contributed by atoms with E-state index in [0.717, 1.165) is 18.8 Å². The molecule has 0 radical (unpaired) electrons. The van der Waals surface area contributed by atoms with Crippen molar-refractivity contribution in [3.63, 3.8) is 0 Å². The highest BCUT2D eigenvalue weighted by Gasteiger charge is 2.30. The number of methoxy groups -OCH3 is 1. The summed E-state index contributed by atoms with van der Waals surface area (Å²) in [5, 5.41) is 0. The summed E-state index contributed by atoms with van der Waals surface area (Å²) < 4.78 is 5.22. The molecule has 3 atom stereocenters. The Bertz CT molecular complexity index is 408. The van der Waals surface area contributed by atoms with Gasteiger partial charge in [0.05, 0.1) is 7.11 Å². The minimum Gasteiger partial charge on any atom is -0.497 e. The normalized spacial score (nSPS) is 26.4. The number of nitrogens with zero attached hydrogens (tertiary/aromatic N) is 2. The van der Waals surface area contributed by atoms with Gasteiger partial charge >= 0.3 is 0 Å². The zero-order chi connectivity index (χ0) is 14.7. The van der Waals surface area contributed by atoms with Gasteiger partial charge < -0.3 is 10.5 Å². The minimum absolute atomic E-state index is 0.291. The third-order valence-electron chi connectivity index (χ3n) is 4.55. The van der Waals surface area contributed by atoms with Crippen molar-refractivity contribution in [3.8, 4) is 5.75 Å². The fraction of sp³-hybridized carbons (Fsp3) is 0.625. The van der Waals surface area contributed by atoms with Crippen molar-refractivity contribution >= 4 is 0 Å². The van der Waals surface area contributed by atoms with Gasteiger partial charge in [0, 0.05) is 37.8 Å². The summed E-state index contributed by atoms with van der Waals surface area (Å²) in [6.07, 6.45) is 0. The van der Waals surface area contributed by atoms with E-state index in [1.54, 1.807) is 7.11 Å².